The Hall–Kier alpha value is -2.37. The maximum atomic E-state index is 5.87. The van der Waals surface area contributed by atoms with Crippen molar-refractivity contribution in [2.24, 2.45) is 7.05 Å². The van der Waals surface area contributed by atoms with Crippen LogP contribution in [0, 0.1) is 0 Å². The fourth-order valence-corrected chi connectivity index (χ4v) is 1.53. The Balaban J connectivity index is 2.39. The molecule has 2 N–H and O–H groups in total. The molecule has 0 bridgehead atoms. The largest absolute Gasteiger partial charge is 0.493 e. The first-order chi connectivity index (χ1) is 8.67. The molecular formula is C12H15N3O3. The van der Waals surface area contributed by atoms with Crippen LogP contribution in [0.15, 0.2) is 24.3 Å². The number of nitrogens with zero attached hydrogens (tertiary/aromatic N) is 2. The van der Waals surface area contributed by atoms with E-state index in [9.17, 15) is 0 Å². The van der Waals surface area contributed by atoms with E-state index in [1.165, 1.54) is 11.8 Å². The minimum atomic E-state index is 0.334. The molecule has 0 amide bonds. The van der Waals surface area contributed by atoms with Crippen molar-refractivity contribution >= 4 is 5.82 Å². The molecule has 1 aromatic heterocycles. The Labute approximate surface area is 105 Å². The zero-order valence-electron chi connectivity index (χ0n) is 10.5. The van der Waals surface area contributed by atoms with Gasteiger partial charge in [-0.05, 0) is 12.1 Å². The maximum absolute atomic E-state index is 5.87. The summed E-state index contributed by atoms with van der Waals surface area (Å²) in [6, 6.07) is 7.28. The van der Waals surface area contributed by atoms with Crippen LogP contribution < -0.4 is 19.9 Å². The van der Waals surface area contributed by atoms with E-state index in [4.69, 9.17) is 19.9 Å². The number of nitrogens with two attached hydrogens (primary N) is 1. The summed E-state index contributed by atoms with van der Waals surface area (Å²) in [5.74, 6) is 2.27. The molecule has 0 radical (unpaired) electrons. The molecule has 0 aliphatic carbocycles. The van der Waals surface area contributed by atoms with Gasteiger partial charge in [-0.3, -0.25) is 0 Å². The molecule has 0 saturated carbocycles. The molecule has 18 heavy (non-hydrogen) atoms. The van der Waals surface area contributed by atoms with E-state index >= 15 is 0 Å². The van der Waals surface area contributed by atoms with Gasteiger partial charge in [-0.25, -0.2) is 4.68 Å². The van der Waals surface area contributed by atoms with Crippen LogP contribution in [0.3, 0.4) is 0 Å². The first kappa shape index (κ1) is 12.1. The summed E-state index contributed by atoms with van der Waals surface area (Å²) in [4.78, 5) is 0. The molecular weight excluding hydrogens is 234 g/mol. The molecule has 96 valence electrons. The first-order valence-corrected chi connectivity index (χ1v) is 5.34. The molecule has 0 spiro atoms. The molecule has 2 aromatic rings. The number of benzene rings is 1. The third-order valence-corrected chi connectivity index (χ3v) is 2.49. The van der Waals surface area contributed by atoms with Crippen LogP contribution in [-0.2, 0) is 7.05 Å². The number of aromatic nitrogens is 2. The van der Waals surface area contributed by atoms with Crippen molar-refractivity contribution < 1.29 is 14.2 Å². The lowest BCUT2D eigenvalue weighted by Gasteiger charge is -2.09. The lowest BCUT2D eigenvalue weighted by molar-refractivity contribution is 0.350. The molecule has 0 aliphatic rings. The van der Waals surface area contributed by atoms with Crippen molar-refractivity contribution in [2.45, 2.75) is 0 Å². The van der Waals surface area contributed by atoms with Crippen LogP contribution in [0.4, 0.5) is 5.82 Å². The highest BCUT2D eigenvalue weighted by Gasteiger charge is 2.18. The SMILES string of the molecule is COc1ccccc1Oc1c(OC)nn(C)c1N. The highest BCUT2D eigenvalue weighted by Crippen LogP contribution is 2.39. The number of ether oxygens (including phenoxy) is 3. The number of anilines is 1. The second-order valence-electron chi connectivity index (χ2n) is 3.60. The number of aryl methyl sites for hydroxylation is 1. The molecule has 6 nitrogen and oxygen atoms in total. The van der Waals surface area contributed by atoms with E-state index in [2.05, 4.69) is 5.10 Å². The molecule has 0 aliphatic heterocycles. The predicted octanol–water partition coefficient (Wildman–Crippen LogP) is 1.81. The number of rotatable bonds is 4. The minimum Gasteiger partial charge on any atom is -0.493 e. The van der Waals surface area contributed by atoms with Crippen LogP contribution in [0.25, 0.3) is 0 Å². The molecule has 1 heterocycles. The van der Waals surface area contributed by atoms with Crippen LogP contribution in [0.1, 0.15) is 0 Å². The predicted molar refractivity (Wildman–Crippen MR) is 67.2 cm³/mol. The first-order valence-electron chi connectivity index (χ1n) is 5.34. The number of para-hydroxylation sites is 2. The third kappa shape index (κ3) is 2.04. The molecule has 2 rings (SSSR count). The van der Waals surface area contributed by atoms with E-state index in [1.54, 1.807) is 26.3 Å². The Morgan fingerprint density at radius 3 is 2.39 bits per heavy atom. The number of nitrogen functional groups attached to an aromatic ring is 1. The van der Waals surface area contributed by atoms with Gasteiger partial charge >= 0.3 is 0 Å². The summed E-state index contributed by atoms with van der Waals surface area (Å²) in [6.07, 6.45) is 0. The lowest BCUT2D eigenvalue weighted by atomic mass is 10.3. The van der Waals surface area contributed by atoms with Crippen molar-refractivity contribution in [3.8, 4) is 23.1 Å². The molecule has 0 fully saturated rings. The number of hydrogen-bond acceptors (Lipinski definition) is 5. The molecule has 0 saturated heterocycles. The van der Waals surface area contributed by atoms with Gasteiger partial charge in [-0.15, -0.1) is 5.10 Å². The molecule has 6 heteroatoms. The van der Waals surface area contributed by atoms with Crippen LogP contribution in [-0.4, -0.2) is 24.0 Å². The van der Waals surface area contributed by atoms with E-state index in [-0.39, 0.29) is 0 Å². The lowest BCUT2D eigenvalue weighted by Crippen LogP contribution is -1.98. The van der Waals surface area contributed by atoms with E-state index in [0.717, 1.165) is 0 Å². The van der Waals surface area contributed by atoms with Gasteiger partial charge in [0.1, 0.15) is 0 Å². The van der Waals surface area contributed by atoms with E-state index < -0.39 is 0 Å². The van der Waals surface area contributed by atoms with Gasteiger partial charge in [0.05, 0.1) is 14.2 Å². The summed E-state index contributed by atoms with van der Waals surface area (Å²) >= 11 is 0. The number of methoxy groups -OCH3 is 2. The third-order valence-electron chi connectivity index (χ3n) is 2.49. The van der Waals surface area contributed by atoms with Crippen LogP contribution in [0.2, 0.25) is 0 Å². The van der Waals surface area contributed by atoms with Gasteiger partial charge in [0.15, 0.2) is 17.3 Å². The van der Waals surface area contributed by atoms with Gasteiger partial charge in [0.2, 0.25) is 5.75 Å². The highest BCUT2D eigenvalue weighted by molar-refractivity contribution is 5.56. The minimum absolute atomic E-state index is 0.334. The molecule has 0 atom stereocenters. The van der Waals surface area contributed by atoms with Crippen molar-refractivity contribution in [1.29, 1.82) is 0 Å². The van der Waals surface area contributed by atoms with Crippen molar-refractivity contribution in [3.63, 3.8) is 0 Å². The molecule has 0 unspecified atom stereocenters. The summed E-state index contributed by atoms with van der Waals surface area (Å²) < 4.78 is 17.5. The topological polar surface area (TPSA) is 71.5 Å². The van der Waals surface area contributed by atoms with Gasteiger partial charge in [0.25, 0.3) is 5.88 Å². The number of hydrogen-bond donors (Lipinski definition) is 1. The summed E-state index contributed by atoms with van der Waals surface area (Å²) in [5.41, 5.74) is 5.87. The van der Waals surface area contributed by atoms with Gasteiger partial charge in [-0.1, -0.05) is 12.1 Å². The van der Waals surface area contributed by atoms with Crippen LogP contribution >= 0.6 is 0 Å². The zero-order chi connectivity index (χ0) is 13.1. The highest BCUT2D eigenvalue weighted by atomic mass is 16.5. The van der Waals surface area contributed by atoms with Gasteiger partial charge in [-0.2, -0.15) is 0 Å². The summed E-state index contributed by atoms with van der Waals surface area (Å²) in [5, 5.41) is 4.08. The maximum Gasteiger partial charge on any atom is 0.278 e. The average molecular weight is 249 g/mol. The fourth-order valence-electron chi connectivity index (χ4n) is 1.53. The Kier molecular flexibility index (Phi) is 3.27. The van der Waals surface area contributed by atoms with Crippen molar-refractivity contribution in [1.82, 2.24) is 9.78 Å². The average Bonchev–Trinajstić information content (AvgIpc) is 2.67. The summed E-state index contributed by atoms with van der Waals surface area (Å²) in [6.45, 7) is 0. The second kappa shape index (κ2) is 4.87. The van der Waals surface area contributed by atoms with Crippen LogP contribution in [0.5, 0.6) is 23.1 Å². The monoisotopic (exact) mass is 249 g/mol. The van der Waals surface area contributed by atoms with Crippen molar-refractivity contribution in [3.05, 3.63) is 24.3 Å². The van der Waals surface area contributed by atoms with Gasteiger partial charge < -0.3 is 19.9 Å². The van der Waals surface area contributed by atoms with E-state index in [1.807, 2.05) is 12.1 Å². The zero-order valence-corrected chi connectivity index (χ0v) is 10.5. The second-order valence-corrected chi connectivity index (χ2v) is 3.60. The quantitative estimate of drug-likeness (QED) is 0.894. The van der Waals surface area contributed by atoms with E-state index in [0.29, 0.717) is 28.9 Å². The summed E-state index contributed by atoms with van der Waals surface area (Å²) in [7, 11) is 4.80. The van der Waals surface area contributed by atoms with Crippen molar-refractivity contribution in [2.75, 3.05) is 20.0 Å². The van der Waals surface area contributed by atoms with Gasteiger partial charge in [0, 0.05) is 7.05 Å². The smallest absolute Gasteiger partial charge is 0.278 e. The Morgan fingerprint density at radius 2 is 1.78 bits per heavy atom. The normalized spacial score (nSPS) is 10.2. The Morgan fingerprint density at radius 1 is 1.11 bits per heavy atom. The standard InChI is InChI=1S/C12H15N3O3/c1-15-11(13)10(12(14-15)17-3)18-9-7-5-4-6-8(9)16-2/h4-7H,13H2,1-3H3. The fraction of sp³-hybridized carbons (Fsp3) is 0.250. The Bertz CT molecular complexity index is 551. The molecule has 1 aromatic carbocycles.